The molecule has 0 unspecified atom stereocenters. The molecule has 3 amide bonds. The van der Waals surface area contributed by atoms with Gasteiger partial charge in [-0.1, -0.05) is 24.3 Å². The molecule has 136 valence electrons. The molecule has 6 nitrogen and oxygen atoms in total. The van der Waals surface area contributed by atoms with Crippen LogP contribution in [0.25, 0.3) is 0 Å². The lowest BCUT2D eigenvalue weighted by Crippen LogP contribution is -2.40. The Morgan fingerprint density at radius 1 is 1.04 bits per heavy atom. The average Bonchev–Trinajstić information content (AvgIpc) is 2.68. The normalized spacial score (nSPS) is 14.0. The van der Waals surface area contributed by atoms with E-state index in [2.05, 4.69) is 10.6 Å². The van der Waals surface area contributed by atoms with Crippen molar-refractivity contribution in [2.45, 2.75) is 13.5 Å². The van der Waals surface area contributed by atoms with Gasteiger partial charge in [-0.05, 0) is 42.3 Å². The van der Waals surface area contributed by atoms with E-state index in [0.717, 1.165) is 11.1 Å². The smallest absolute Gasteiger partial charge is 0.319 e. The number of hydrogen-bond acceptors (Lipinski definition) is 3. The van der Waals surface area contributed by atoms with E-state index in [1.165, 1.54) is 0 Å². The molecule has 0 spiro atoms. The molecule has 2 aromatic carbocycles. The Kier molecular flexibility index (Phi) is 5.86. The monoisotopic (exact) mass is 353 g/mol. The molecule has 1 saturated heterocycles. The Hall–Kier alpha value is -2.86. The molecular formula is C20H23N3O3. The van der Waals surface area contributed by atoms with Gasteiger partial charge >= 0.3 is 6.03 Å². The minimum atomic E-state index is -0.277. The molecule has 1 heterocycles. The highest BCUT2D eigenvalue weighted by Crippen LogP contribution is 2.13. The number of nitrogens with zero attached hydrogens (tertiary/aromatic N) is 1. The third kappa shape index (κ3) is 4.61. The number of hydrogen-bond donors (Lipinski definition) is 2. The SMILES string of the molecule is Cc1ccccc1CNC(=O)Nc1ccc(C(=O)N2CCOCC2)cc1. The largest absolute Gasteiger partial charge is 0.378 e. The second-order valence-electron chi connectivity index (χ2n) is 6.22. The Balaban J connectivity index is 1.52. The van der Waals surface area contributed by atoms with Crippen LogP contribution >= 0.6 is 0 Å². The maximum absolute atomic E-state index is 12.4. The quantitative estimate of drug-likeness (QED) is 0.888. The first-order valence-corrected chi connectivity index (χ1v) is 8.70. The Bertz CT molecular complexity index is 768. The molecule has 6 heteroatoms. The highest BCUT2D eigenvalue weighted by Gasteiger charge is 2.18. The predicted molar refractivity (Wildman–Crippen MR) is 100 cm³/mol. The second kappa shape index (κ2) is 8.49. The summed E-state index contributed by atoms with van der Waals surface area (Å²) in [6, 6.07) is 14.6. The average molecular weight is 353 g/mol. The molecule has 2 N–H and O–H groups in total. The van der Waals surface area contributed by atoms with Gasteiger partial charge in [0.25, 0.3) is 5.91 Å². The molecule has 2 aromatic rings. The predicted octanol–water partition coefficient (Wildman–Crippen LogP) is 2.79. The van der Waals surface area contributed by atoms with Crippen LogP contribution in [-0.2, 0) is 11.3 Å². The lowest BCUT2D eigenvalue weighted by atomic mass is 10.1. The van der Waals surface area contributed by atoms with Gasteiger partial charge in [0.1, 0.15) is 0 Å². The van der Waals surface area contributed by atoms with Gasteiger partial charge in [-0.15, -0.1) is 0 Å². The van der Waals surface area contributed by atoms with Gasteiger partial charge < -0.3 is 20.3 Å². The van der Waals surface area contributed by atoms with Crippen molar-refractivity contribution in [1.82, 2.24) is 10.2 Å². The summed E-state index contributed by atoms with van der Waals surface area (Å²) in [5.74, 6) is -0.0103. The number of benzene rings is 2. The summed E-state index contributed by atoms with van der Waals surface area (Å²) in [5.41, 5.74) is 3.47. The fourth-order valence-corrected chi connectivity index (χ4v) is 2.80. The van der Waals surface area contributed by atoms with Gasteiger partial charge in [0.05, 0.1) is 13.2 Å². The fourth-order valence-electron chi connectivity index (χ4n) is 2.80. The molecule has 26 heavy (non-hydrogen) atoms. The van der Waals surface area contributed by atoms with E-state index in [4.69, 9.17) is 4.74 Å². The van der Waals surface area contributed by atoms with Crippen molar-refractivity contribution in [3.05, 3.63) is 65.2 Å². The minimum Gasteiger partial charge on any atom is -0.378 e. The summed E-state index contributed by atoms with van der Waals surface area (Å²) in [5, 5.41) is 5.62. The van der Waals surface area contributed by atoms with Crippen LogP contribution in [0.2, 0.25) is 0 Å². The van der Waals surface area contributed by atoms with E-state index >= 15 is 0 Å². The number of carbonyl (C=O) groups is 2. The summed E-state index contributed by atoms with van der Waals surface area (Å²) in [6.07, 6.45) is 0. The molecule has 3 rings (SSSR count). The Morgan fingerprint density at radius 2 is 1.73 bits per heavy atom. The van der Waals surface area contributed by atoms with Crippen LogP contribution in [0.15, 0.2) is 48.5 Å². The van der Waals surface area contributed by atoms with E-state index in [9.17, 15) is 9.59 Å². The van der Waals surface area contributed by atoms with E-state index in [-0.39, 0.29) is 11.9 Å². The molecule has 0 atom stereocenters. The summed E-state index contributed by atoms with van der Waals surface area (Å²) >= 11 is 0. The fraction of sp³-hybridized carbons (Fsp3) is 0.300. The van der Waals surface area contributed by atoms with Crippen LogP contribution in [0, 0.1) is 6.92 Å². The molecule has 1 aliphatic heterocycles. The lowest BCUT2D eigenvalue weighted by Gasteiger charge is -2.26. The van der Waals surface area contributed by atoms with Crippen molar-refractivity contribution in [3.63, 3.8) is 0 Å². The molecule has 0 saturated carbocycles. The van der Waals surface area contributed by atoms with Crippen molar-refractivity contribution in [2.24, 2.45) is 0 Å². The first kappa shape index (κ1) is 17.9. The van der Waals surface area contributed by atoms with Gasteiger partial charge in [-0.25, -0.2) is 4.79 Å². The van der Waals surface area contributed by atoms with Crippen LogP contribution in [0.5, 0.6) is 0 Å². The molecule has 0 bridgehead atoms. The van der Waals surface area contributed by atoms with Gasteiger partial charge in [-0.2, -0.15) is 0 Å². The van der Waals surface area contributed by atoms with Crippen LogP contribution in [-0.4, -0.2) is 43.1 Å². The number of aryl methyl sites for hydroxylation is 1. The Morgan fingerprint density at radius 3 is 2.42 bits per heavy atom. The Labute approximate surface area is 153 Å². The standard InChI is InChI=1S/C20H23N3O3/c1-15-4-2-3-5-17(15)14-21-20(25)22-18-8-6-16(7-9-18)19(24)23-10-12-26-13-11-23/h2-9H,10-14H2,1H3,(H2,21,22,25). The van der Waals surface area contributed by atoms with E-state index in [1.54, 1.807) is 29.2 Å². The zero-order valence-electron chi connectivity index (χ0n) is 14.8. The maximum atomic E-state index is 12.4. The highest BCUT2D eigenvalue weighted by molar-refractivity contribution is 5.95. The van der Waals surface area contributed by atoms with Crippen molar-refractivity contribution >= 4 is 17.6 Å². The lowest BCUT2D eigenvalue weighted by molar-refractivity contribution is 0.0303. The number of amides is 3. The topological polar surface area (TPSA) is 70.7 Å². The maximum Gasteiger partial charge on any atom is 0.319 e. The van der Waals surface area contributed by atoms with Crippen molar-refractivity contribution in [2.75, 3.05) is 31.6 Å². The number of rotatable bonds is 4. The van der Waals surface area contributed by atoms with Crippen LogP contribution in [0.4, 0.5) is 10.5 Å². The van der Waals surface area contributed by atoms with Gasteiger partial charge in [0.2, 0.25) is 0 Å². The van der Waals surface area contributed by atoms with Crippen LogP contribution < -0.4 is 10.6 Å². The van der Waals surface area contributed by atoms with Gasteiger partial charge in [0.15, 0.2) is 0 Å². The minimum absolute atomic E-state index is 0.0103. The zero-order valence-corrected chi connectivity index (χ0v) is 14.8. The number of urea groups is 1. The van der Waals surface area contributed by atoms with E-state index in [1.807, 2.05) is 31.2 Å². The summed E-state index contributed by atoms with van der Waals surface area (Å²) < 4.78 is 5.26. The summed E-state index contributed by atoms with van der Waals surface area (Å²) in [7, 11) is 0. The molecule has 1 aliphatic rings. The van der Waals surface area contributed by atoms with Gasteiger partial charge in [0, 0.05) is 30.9 Å². The van der Waals surface area contributed by atoms with Crippen molar-refractivity contribution < 1.29 is 14.3 Å². The second-order valence-corrected chi connectivity index (χ2v) is 6.22. The molecule has 1 fully saturated rings. The third-order valence-electron chi connectivity index (χ3n) is 4.39. The summed E-state index contributed by atoms with van der Waals surface area (Å²) in [6.45, 7) is 4.85. The first-order chi connectivity index (χ1) is 12.6. The molecular weight excluding hydrogens is 330 g/mol. The van der Waals surface area contributed by atoms with Crippen molar-refractivity contribution in [3.8, 4) is 0 Å². The molecule has 0 aliphatic carbocycles. The van der Waals surface area contributed by atoms with Crippen molar-refractivity contribution in [1.29, 1.82) is 0 Å². The number of carbonyl (C=O) groups excluding carboxylic acids is 2. The zero-order chi connectivity index (χ0) is 18.4. The summed E-state index contributed by atoms with van der Waals surface area (Å²) in [4.78, 5) is 26.2. The van der Waals surface area contributed by atoms with Crippen LogP contribution in [0.3, 0.4) is 0 Å². The first-order valence-electron chi connectivity index (χ1n) is 8.70. The van der Waals surface area contributed by atoms with E-state index < -0.39 is 0 Å². The third-order valence-corrected chi connectivity index (χ3v) is 4.39. The molecule has 0 aromatic heterocycles. The number of morpholine rings is 1. The highest BCUT2D eigenvalue weighted by atomic mass is 16.5. The van der Waals surface area contributed by atoms with E-state index in [0.29, 0.717) is 44.1 Å². The van der Waals surface area contributed by atoms with Crippen LogP contribution in [0.1, 0.15) is 21.5 Å². The molecule has 0 radical (unpaired) electrons. The number of ether oxygens (including phenoxy) is 1. The number of anilines is 1. The number of nitrogens with one attached hydrogen (secondary N) is 2. The van der Waals surface area contributed by atoms with Gasteiger partial charge in [-0.3, -0.25) is 4.79 Å².